The van der Waals surface area contributed by atoms with Gasteiger partial charge in [0.25, 0.3) is 0 Å². The lowest BCUT2D eigenvalue weighted by Crippen LogP contribution is -2.14. The Labute approximate surface area is 240 Å². The molecule has 0 bridgehead atoms. The second kappa shape index (κ2) is 9.01. The van der Waals surface area contributed by atoms with E-state index in [1.165, 1.54) is 71.8 Å². The van der Waals surface area contributed by atoms with Gasteiger partial charge in [-0.3, -0.25) is 4.98 Å². The summed E-state index contributed by atoms with van der Waals surface area (Å²) < 4.78 is 0. The quantitative estimate of drug-likeness (QED) is 0.210. The maximum Gasteiger partial charge on any atom is 0.0792 e. The molecule has 0 radical (unpaired) electrons. The van der Waals surface area contributed by atoms with Crippen molar-refractivity contribution >= 4 is 21.7 Å². The number of benzene rings is 6. The maximum atomic E-state index is 4.95. The minimum atomic E-state index is -0.0229. The summed E-state index contributed by atoms with van der Waals surface area (Å²) in [7, 11) is 0. The molecule has 0 saturated heterocycles. The first-order valence-electron chi connectivity index (χ1n) is 14.3. The first kappa shape index (κ1) is 23.8. The van der Waals surface area contributed by atoms with E-state index in [-0.39, 0.29) is 5.41 Å². The van der Waals surface area contributed by atoms with Crippen LogP contribution < -0.4 is 0 Å². The molecule has 1 aliphatic carbocycles. The van der Waals surface area contributed by atoms with Crippen molar-refractivity contribution in [3.8, 4) is 44.5 Å². The number of nitrogens with zero attached hydrogens (tertiary/aromatic N) is 1. The summed E-state index contributed by atoms with van der Waals surface area (Å²) in [6.07, 6.45) is 1.91. The Balaban J connectivity index is 1.34. The Morgan fingerprint density at radius 1 is 0.439 bits per heavy atom. The number of hydrogen-bond donors (Lipinski definition) is 0. The summed E-state index contributed by atoms with van der Waals surface area (Å²) in [5.41, 5.74) is 13.8. The standard InChI is InChI=1S/C40H29N/c1-40(2)35-20-9-8-16-30(35)31-22-21-28(25-36(31)40)27-14-10-15-29(24-27)37-32-17-6-7-18-33(32)38(26-12-4-3-5-13-26)39-34(37)19-11-23-41-39/h3-25H,1-2H3. The van der Waals surface area contributed by atoms with Gasteiger partial charge in [0.05, 0.1) is 5.52 Å². The first-order valence-corrected chi connectivity index (χ1v) is 14.3. The van der Waals surface area contributed by atoms with Gasteiger partial charge in [0.15, 0.2) is 0 Å². The van der Waals surface area contributed by atoms with Gasteiger partial charge in [0.1, 0.15) is 0 Å². The molecular formula is C40H29N. The van der Waals surface area contributed by atoms with Gasteiger partial charge in [-0.05, 0) is 79.0 Å². The lowest BCUT2D eigenvalue weighted by Gasteiger charge is -2.22. The van der Waals surface area contributed by atoms with Crippen molar-refractivity contribution in [1.29, 1.82) is 0 Å². The predicted molar refractivity (Wildman–Crippen MR) is 173 cm³/mol. The fourth-order valence-electron chi connectivity index (χ4n) is 6.94. The lowest BCUT2D eigenvalue weighted by molar-refractivity contribution is 0.660. The zero-order valence-corrected chi connectivity index (χ0v) is 23.2. The lowest BCUT2D eigenvalue weighted by atomic mass is 9.81. The molecule has 0 fully saturated rings. The van der Waals surface area contributed by atoms with Gasteiger partial charge in [-0.2, -0.15) is 0 Å². The monoisotopic (exact) mass is 523 g/mol. The predicted octanol–water partition coefficient (Wildman–Crippen LogP) is 10.7. The number of fused-ring (bicyclic) bond motifs is 5. The van der Waals surface area contributed by atoms with E-state index in [0.717, 1.165) is 5.52 Å². The van der Waals surface area contributed by atoms with Gasteiger partial charge >= 0.3 is 0 Å². The zero-order valence-electron chi connectivity index (χ0n) is 23.2. The molecule has 7 aromatic rings. The van der Waals surface area contributed by atoms with E-state index in [4.69, 9.17) is 4.98 Å². The zero-order chi connectivity index (χ0) is 27.6. The largest absolute Gasteiger partial charge is 0.256 e. The molecule has 1 heterocycles. The smallest absolute Gasteiger partial charge is 0.0792 e. The van der Waals surface area contributed by atoms with E-state index in [1.54, 1.807) is 0 Å². The number of pyridine rings is 1. The van der Waals surface area contributed by atoms with E-state index in [9.17, 15) is 0 Å². The van der Waals surface area contributed by atoms with Crippen LogP contribution in [0.4, 0.5) is 0 Å². The third-order valence-corrected chi connectivity index (χ3v) is 8.91. The van der Waals surface area contributed by atoms with Crippen LogP contribution in [-0.2, 0) is 5.41 Å². The number of aromatic nitrogens is 1. The number of hydrogen-bond acceptors (Lipinski definition) is 1. The average molecular weight is 524 g/mol. The molecule has 0 aliphatic heterocycles. The van der Waals surface area contributed by atoms with E-state index in [2.05, 4.69) is 147 Å². The summed E-state index contributed by atoms with van der Waals surface area (Å²) in [6, 6.07) is 48.6. The molecule has 0 unspecified atom stereocenters. The first-order chi connectivity index (χ1) is 20.1. The van der Waals surface area contributed by atoms with Gasteiger partial charge in [0, 0.05) is 22.6 Å². The molecule has 0 N–H and O–H groups in total. The van der Waals surface area contributed by atoms with Gasteiger partial charge in [-0.1, -0.05) is 129 Å². The molecule has 8 rings (SSSR count). The van der Waals surface area contributed by atoms with Gasteiger partial charge in [-0.25, -0.2) is 0 Å². The van der Waals surface area contributed by atoms with Gasteiger partial charge in [-0.15, -0.1) is 0 Å². The minimum absolute atomic E-state index is 0.0229. The highest BCUT2D eigenvalue weighted by molar-refractivity contribution is 6.20. The molecule has 6 aromatic carbocycles. The van der Waals surface area contributed by atoms with Crippen molar-refractivity contribution in [2.45, 2.75) is 19.3 Å². The molecule has 1 aromatic heterocycles. The summed E-state index contributed by atoms with van der Waals surface area (Å²) in [5.74, 6) is 0. The van der Waals surface area contributed by atoms with Crippen molar-refractivity contribution in [2.75, 3.05) is 0 Å². The van der Waals surface area contributed by atoms with Crippen LogP contribution in [0, 0.1) is 0 Å². The van der Waals surface area contributed by atoms with E-state index >= 15 is 0 Å². The Bertz CT molecular complexity index is 2060. The molecule has 1 nitrogen and oxygen atoms in total. The minimum Gasteiger partial charge on any atom is -0.256 e. The Morgan fingerprint density at radius 2 is 1.07 bits per heavy atom. The summed E-state index contributed by atoms with van der Waals surface area (Å²) in [5, 5.41) is 3.64. The molecule has 0 saturated carbocycles. The Kier molecular flexibility index (Phi) is 5.24. The highest BCUT2D eigenvalue weighted by atomic mass is 14.7. The molecule has 1 aliphatic rings. The van der Waals surface area contributed by atoms with Crippen LogP contribution in [0.15, 0.2) is 140 Å². The van der Waals surface area contributed by atoms with Crippen molar-refractivity contribution in [3.05, 3.63) is 151 Å². The summed E-state index contributed by atoms with van der Waals surface area (Å²) in [6.45, 7) is 4.69. The van der Waals surface area contributed by atoms with E-state index in [1.807, 2.05) is 6.20 Å². The number of rotatable bonds is 3. The van der Waals surface area contributed by atoms with Crippen LogP contribution in [0.3, 0.4) is 0 Å². The van der Waals surface area contributed by atoms with Crippen LogP contribution in [0.5, 0.6) is 0 Å². The van der Waals surface area contributed by atoms with E-state index in [0.29, 0.717) is 0 Å². The van der Waals surface area contributed by atoms with Crippen molar-refractivity contribution < 1.29 is 0 Å². The molecule has 41 heavy (non-hydrogen) atoms. The molecule has 0 amide bonds. The topological polar surface area (TPSA) is 12.9 Å². The van der Waals surface area contributed by atoms with Crippen LogP contribution in [-0.4, -0.2) is 4.98 Å². The van der Waals surface area contributed by atoms with Crippen LogP contribution in [0.1, 0.15) is 25.0 Å². The molecule has 0 atom stereocenters. The molecule has 0 spiro atoms. The summed E-state index contributed by atoms with van der Waals surface area (Å²) >= 11 is 0. The van der Waals surface area contributed by atoms with Crippen molar-refractivity contribution in [2.24, 2.45) is 0 Å². The van der Waals surface area contributed by atoms with Crippen LogP contribution in [0.25, 0.3) is 66.2 Å². The fourth-order valence-corrected chi connectivity index (χ4v) is 6.94. The Hall–Kier alpha value is -5.01. The third kappa shape index (κ3) is 3.59. The molecule has 194 valence electrons. The summed E-state index contributed by atoms with van der Waals surface area (Å²) in [4.78, 5) is 4.95. The van der Waals surface area contributed by atoms with Crippen LogP contribution >= 0.6 is 0 Å². The average Bonchev–Trinajstić information content (AvgIpc) is 3.26. The second-order valence-corrected chi connectivity index (χ2v) is 11.6. The SMILES string of the molecule is CC1(C)c2ccccc2-c2ccc(-c3cccc(-c4c5ccccc5c(-c5ccccc5)c5ncccc45)c3)cc21. The van der Waals surface area contributed by atoms with Crippen molar-refractivity contribution in [3.63, 3.8) is 0 Å². The molecular weight excluding hydrogens is 494 g/mol. The highest BCUT2D eigenvalue weighted by Gasteiger charge is 2.35. The van der Waals surface area contributed by atoms with E-state index < -0.39 is 0 Å². The van der Waals surface area contributed by atoms with Crippen molar-refractivity contribution in [1.82, 2.24) is 4.98 Å². The third-order valence-electron chi connectivity index (χ3n) is 8.91. The van der Waals surface area contributed by atoms with Gasteiger partial charge < -0.3 is 0 Å². The highest BCUT2D eigenvalue weighted by Crippen LogP contribution is 2.50. The second-order valence-electron chi connectivity index (χ2n) is 11.6. The van der Waals surface area contributed by atoms with Crippen LogP contribution in [0.2, 0.25) is 0 Å². The Morgan fingerprint density at radius 3 is 1.93 bits per heavy atom. The normalized spacial score (nSPS) is 13.3. The maximum absolute atomic E-state index is 4.95. The fraction of sp³-hybridized carbons (Fsp3) is 0.0750. The van der Waals surface area contributed by atoms with Gasteiger partial charge in [0.2, 0.25) is 0 Å². The molecule has 1 heteroatoms.